The Morgan fingerprint density at radius 3 is 2.68 bits per heavy atom. The van der Waals surface area contributed by atoms with Crippen LogP contribution in [0.2, 0.25) is 0 Å². The second kappa shape index (κ2) is 8.22. The fourth-order valence-electron chi connectivity index (χ4n) is 2.12. The number of ether oxygens (including phenoxy) is 1. The first-order valence-corrected chi connectivity index (χ1v) is 9.34. The Kier molecular flexibility index (Phi) is 5.78. The number of aromatic nitrogens is 2. The molecular weight excluding hydrogens is 402 g/mol. The van der Waals surface area contributed by atoms with Crippen LogP contribution in [0.5, 0.6) is 5.75 Å². The molecule has 3 rings (SSSR count). The molecule has 0 aliphatic heterocycles. The van der Waals surface area contributed by atoms with Gasteiger partial charge in [-0.15, -0.1) is 11.3 Å². The van der Waals surface area contributed by atoms with Gasteiger partial charge in [-0.05, 0) is 43.3 Å². The van der Waals surface area contributed by atoms with E-state index in [4.69, 9.17) is 4.74 Å². The van der Waals surface area contributed by atoms with Crippen LogP contribution >= 0.6 is 27.3 Å². The molecule has 0 saturated heterocycles. The highest BCUT2D eigenvalue weighted by atomic mass is 79.9. The van der Waals surface area contributed by atoms with E-state index in [1.807, 2.05) is 41.8 Å². The van der Waals surface area contributed by atoms with E-state index in [0.717, 1.165) is 20.7 Å². The van der Waals surface area contributed by atoms with Crippen LogP contribution in [0.25, 0.3) is 11.3 Å². The van der Waals surface area contributed by atoms with Crippen molar-refractivity contribution in [3.63, 3.8) is 0 Å². The zero-order valence-corrected chi connectivity index (χ0v) is 15.9. The number of carbonyl (C=O) groups is 1. The second-order valence-electron chi connectivity index (χ2n) is 5.29. The number of nitrogens with zero attached hydrogens (tertiary/aromatic N) is 2. The molecule has 7 heteroatoms. The Bertz CT molecular complexity index is 837. The summed E-state index contributed by atoms with van der Waals surface area (Å²) < 4.78 is 6.60. The second-order valence-corrected chi connectivity index (χ2v) is 7.15. The molecule has 0 spiro atoms. The molecule has 0 radical (unpaired) electrons. The summed E-state index contributed by atoms with van der Waals surface area (Å²) in [4.78, 5) is 20.7. The van der Waals surface area contributed by atoms with Gasteiger partial charge in [-0.25, -0.2) is 4.98 Å². The number of pyridine rings is 1. The van der Waals surface area contributed by atoms with E-state index in [-0.39, 0.29) is 5.91 Å². The van der Waals surface area contributed by atoms with Crippen molar-refractivity contribution in [2.45, 2.75) is 19.6 Å². The van der Waals surface area contributed by atoms with Gasteiger partial charge in [0.1, 0.15) is 10.8 Å². The monoisotopic (exact) mass is 417 g/mol. The van der Waals surface area contributed by atoms with Gasteiger partial charge >= 0.3 is 0 Å². The predicted molar refractivity (Wildman–Crippen MR) is 101 cm³/mol. The summed E-state index contributed by atoms with van der Waals surface area (Å²) >= 11 is 4.88. The number of carbonyl (C=O) groups excluding carboxylic acids is 1. The van der Waals surface area contributed by atoms with Crippen molar-refractivity contribution in [2.75, 3.05) is 0 Å². The Balaban J connectivity index is 1.53. The van der Waals surface area contributed by atoms with Crippen molar-refractivity contribution in [3.05, 3.63) is 63.7 Å². The van der Waals surface area contributed by atoms with Crippen molar-refractivity contribution >= 4 is 33.2 Å². The minimum absolute atomic E-state index is 0.177. The van der Waals surface area contributed by atoms with Gasteiger partial charge in [0.2, 0.25) is 0 Å². The molecular formula is C18H16BrN3O2S. The molecule has 1 aromatic carbocycles. The lowest BCUT2D eigenvalue weighted by Gasteiger charge is -2.14. The topological polar surface area (TPSA) is 64.1 Å². The molecule has 1 unspecified atom stereocenters. The molecule has 0 saturated carbocycles. The van der Waals surface area contributed by atoms with Crippen LogP contribution < -0.4 is 10.1 Å². The van der Waals surface area contributed by atoms with Crippen LogP contribution in [0.3, 0.4) is 0 Å². The SMILES string of the molecule is CC(Oc1ccc(Br)cc1)C(=O)NCc1nc(-c2ccncc2)cs1. The molecule has 1 atom stereocenters. The smallest absolute Gasteiger partial charge is 0.261 e. The maximum atomic E-state index is 12.2. The highest BCUT2D eigenvalue weighted by Crippen LogP contribution is 2.21. The van der Waals surface area contributed by atoms with Crippen LogP contribution in [0.15, 0.2) is 58.6 Å². The molecule has 128 valence electrons. The Morgan fingerprint density at radius 1 is 1.24 bits per heavy atom. The molecule has 0 fully saturated rings. The third kappa shape index (κ3) is 4.87. The summed E-state index contributed by atoms with van der Waals surface area (Å²) in [6, 6.07) is 11.2. The third-order valence-electron chi connectivity index (χ3n) is 3.44. The van der Waals surface area contributed by atoms with Gasteiger partial charge < -0.3 is 10.1 Å². The van der Waals surface area contributed by atoms with Crippen LogP contribution in [-0.4, -0.2) is 22.0 Å². The molecule has 1 amide bonds. The van der Waals surface area contributed by atoms with Crippen molar-refractivity contribution in [1.29, 1.82) is 0 Å². The molecule has 0 aliphatic rings. The minimum atomic E-state index is -0.583. The van der Waals surface area contributed by atoms with Crippen LogP contribution in [0, 0.1) is 0 Å². The first-order valence-electron chi connectivity index (χ1n) is 7.66. The van der Waals surface area contributed by atoms with Gasteiger partial charge in [0.15, 0.2) is 6.10 Å². The fraction of sp³-hybridized carbons (Fsp3) is 0.167. The van der Waals surface area contributed by atoms with Gasteiger partial charge in [0, 0.05) is 27.8 Å². The Morgan fingerprint density at radius 2 is 1.96 bits per heavy atom. The van der Waals surface area contributed by atoms with E-state index in [1.165, 1.54) is 11.3 Å². The predicted octanol–water partition coefficient (Wildman–Crippen LogP) is 4.05. The first-order chi connectivity index (χ1) is 12.1. The lowest BCUT2D eigenvalue weighted by Crippen LogP contribution is -2.35. The number of nitrogens with one attached hydrogen (secondary N) is 1. The molecule has 3 aromatic rings. The lowest BCUT2D eigenvalue weighted by molar-refractivity contribution is -0.127. The molecule has 5 nitrogen and oxygen atoms in total. The van der Waals surface area contributed by atoms with Crippen LogP contribution in [-0.2, 0) is 11.3 Å². The highest BCUT2D eigenvalue weighted by molar-refractivity contribution is 9.10. The number of hydrogen-bond donors (Lipinski definition) is 1. The zero-order valence-electron chi connectivity index (χ0n) is 13.5. The maximum absolute atomic E-state index is 12.2. The molecule has 0 bridgehead atoms. The average Bonchev–Trinajstić information content (AvgIpc) is 3.11. The minimum Gasteiger partial charge on any atom is -0.481 e. The number of hydrogen-bond acceptors (Lipinski definition) is 5. The summed E-state index contributed by atoms with van der Waals surface area (Å²) in [5.74, 6) is 0.476. The van der Waals surface area contributed by atoms with Crippen molar-refractivity contribution in [3.8, 4) is 17.0 Å². The van der Waals surface area contributed by atoms with Crippen molar-refractivity contribution < 1.29 is 9.53 Å². The molecule has 25 heavy (non-hydrogen) atoms. The lowest BCUT2D eigenvalue weighted by atomic mass is 10.2. The summed E-state index contributed by atoms with van der Waals surface area (Å²) in [5, 5.41) is 5.67. The highest BCUT2D eigenvalue weighted by Gasteiger charge is 2.15. The fourth-order valence-corrected chi connectivity index (χ4v) is 3.13. The van der Waals surface area contributed by atoms with E-state index in [1.54, 1.807) is 19.3 Å². The normalized spacial score (nSPS) is 11.8. The van der Waals surface area contributed by atoms with Crippen molar-refractivity contribution in [1.82, 2.24) is 15.3 Å². The average molecular weight is 418 g/mol. The summed E-state index contributed by atoms with van der Waals surface area (Å²) in [5.41, 5.74) is 1.89. The standard InChI is InChI=1S/C18H16BrN3O2S/c1-12(24-15-4-2-14(19)3-5-15)18(23)21-10-17-22-16(11-25-17)13-6-8-20-9-7-13/h2-9,11-12H,10H2,1H3,(H,21,23). The number of halogens is 1. The number of benzene rings is 1. The summed E-state index contributed by atoms with van der Waals surface area (Å²) in [6.07, 6.45) is 2.88. The van der Waals surface area contributed by atoms with Crippen LogP contribution in [0.4, 0.5) is 0 Å². The zero-order chi connectivity index (χ0) is 17.6. The third-order valence-corrected chi connectivity index (χ3v) is 4.81. The van der Waals surface area contributed by atoms with E-state index in [2.05, 4.69) is 31.2 Å². The summed E-state index contributed by atoms with van der Waals surface area (Å²) in [7, 11) is 0. The first kappa shape index (κ1) is 17.6. The quantitative estimate of drug-likeness (QED) is 0.656. The Hall–Kier alpha value is -2.25. The molecule has 2 heterocycles. The summed E-state index contributed by atoms with van der Waals surface area (Å²) in [6.45, 7) is 2.10. The number of rotatable bonds is 6. The van der Waals surface area contributed by atoms with Gasteiger partial charge in [-0.1, -0.05) is 15.9 Å². The molecule has 1 N–H and O–H groups in total. The molecule has 0 aliphatic carbocycles. The number of amides is 1. The maximum Gasteiger partial charge on any atom is 0.261 e. The van der Waals surface area contributed by atoms with E-state index < -0.39 is 6.10 Å². The van der Waals surface area contributed by atoms with Gasteiger partial charge in [0.05, 0.1) is 12.2 Å². The van der Waals surface area contributed by atoms with E-state index in [9.17, 15) is 4.79 Å². The van der Waals surface area contributed by atoms with Gasteiger partial charge in [0.25, 0.3) is 5.91 Å². The largest absolute Gasteiger partial charge is 0.481 e. The number of thiazole rings is 1. The van der Waals surface area contributed by atoms with Crippen molar-refractivity contribution in [2.24, 2.45) is 0 Å². The van der Waals surface area contributed by atoms with Crippen LogP contribution in [0.1, 0.15) is 11.9 Å². The van der Waals surface area contributed by atoms with Gasteiger partial charge in [-0.2, -0.15) is 0 Å². The van der Waals surface area contributed by atoms with E-state index >= 15 is 0 Å². The Labute approximate surface area is 158 Å². The van der Waals surface area contributed by atoms with Gasteiger partial charge in [-0.3, -0.25) is 9.78 Å². The molecule has 2 aromatic heterocycles. The van der Waals surface area contributed by atoms with E-state index in [0.29, 0.717) is 12.3 Å².